The lowest BCUT2D eigenvalue weighted by atomic mass is 10.00. The highest BCUT2D eigenvalue weighted by atomic mass is 35.5. The summed E-state index contributed by atoms with van der Waals surface area (Å²) >= 11 is 0. The third-order valence-corrected chi connectivity index (χ3v) is 2.35. The number of ether oxygens (including phenoxy) is 1. The normalized spacial score (nSPS) is 11.3. The Kier molecular flexibility index (Phi) is 6.23. The molecule has 0 fully saturated rings. The van der Waals surface area contributed by atoms with E-state index in [1.54, 1.807) is 0 Å². The molecule has 4 N–H and O–H groups in total. The van der Waals surface area contributed by atoms with Crippen LogP contribution in [0.1, 0.15) is 28.4 Å². The van der Waals surface area contributed by atoms with Crippen LogP contribution in [0.4, 0.5) is 4.39 Å². The van der Waals surface area contributed by atoms with E-state index in [9.17, 15) is 19.1 Å². The van der Waals surface area contributed by atoms with Crippen molar-refractivity contribution in [2.45, 2.75) is 12.5 Å². The van der Waals surface area contributed by atoms with Gasteiger partial charge in [-0.25, -0.2) is 9.18 Å². The molecule has 0 aliphatic rings. The molecule has 0 aliphatic carbocycles. The van der Waals surface area contributed by atoms with E-state index < -0.39 is 35.1 Å². The van der Waals surface area contributed by atoms with E-state index >= 15 is 0 Å². The van der Waals surface area contributed by atoms with Crippen LogP contribution >= 0.6 is 12.4 Å². The van der Waals surface area contributed by atoms with E-state index in [0.29, 0.717) is 6.07 Å². The Morgan fingerprint density at radius 3 is 2.53 bits per heavy atom. The molecule has 1 rings (SSSR count). The van der Waals surface area contributed by atoms with Gasteiger partial charge in [-0.15, -0.1) is 12.4 Å². The van der Waals surface area contributed by atoms with Gasteiger partial charge >= 0.3 is 11.9 Å². The van der Waals surface area contributed by atoms with Crippen LogP contribution in [-0.4, -0.2) is 29.3 Å². The van der Waals surface area contributed by atoms with Crippen LogP contribution in [0, 0.1) is 5.82 Å². The minimum atomic E-state index is -1.49. The molecule has 0 amide bonds. The summed E-state index contributed by atoms with van der Waals surface area (Å²) in [5.74, 6) is -3.65. The van der Waals surface area contributed by atoms with Gasteiger partial charge < -0.3 is 20.7 Å². The number of hydrogen-bond donors (Lipinski definition) is 3. The van der Waals surface area contributed by atoms with Crippen LogP contribution in [0.2, 0.25) is 0 Å². The first-order valence-corrected chi connectivity index (χ1v) is 4.95. The van der Waals surface area contributed by atoms with Crippen LogP contribution in [0.15, 0.2) is 12.1 Å². The summed E-state index contributed by atoms with van der Waals surface area (Å²) in [6.45, 7) is 0. The molecule has 0 heterocycles. The fourth-order valence-electron chi connectivity index (χ4n) is 1.44. The van der Waals surface area contributed by atoms with Crippen LogP contribution in [0.3, 0.4) is 0 Å². The summed E-state index contributed by atoms with van der Waals surface area (Å²) in [7, 11) is 1.16. The maximum Gasteiger partial charge on any atom is 0.339 e. The fraction of sp³-hybridized carbons (Fsp3) is 0.273. The molecule has 0 aromatic heterocycles. The van der Waals surface area contributed by atoms with Gasteiger partial charge in [0.25, 0.3) is 0 Å². The smallest absolute Gasteiger partial charge is 0.339 e. The summed E-state index contributed by atoms with van der Waals surface area (Å²) in [5.41, 5.74) is 4.83. The SMILES string of the molecule is COC(=O)C[C@H](N)c1cc(F)cc(C(=O)O)c1O.Cl. The van der Waals surface area contributed by atoms with Crippen molar-refractivity contribution in [3.63, 3.8) is 0 Å². The van der Waals surface area contributed by atoms with Crippen molar-refractivity contribution in [2.24, 2.45) is 5.73 Å². The van der Waals surface area contributed by atoms with Crippen LogP contribution in [-0.2, 0) is 9.53 Å². The van der Waals surface area contributed by atoms with E-state index in [1.807, 2.05) is 0 Å². The maximum atomic E-state index is 13.2. The number of carboxylic acids is 1. The van der Waals surface area contributed by atoms with Crippen molar-refractivity contribution in [3.05, 3.63) is 29.1 Å². The highest BCUT2D eigenvalue weighted by Gasteiger charge is 2.21. The van der Waals surface area contributed by atoms with E-state index in [0.717, 1.165) is 13.2 Å². The second-order valence-electron chi connectivity index (χ2n) is 3.58. The predicted molar refractivity (Wildman–Crippen MR) is 65.8 cm³/mol. The average molecular weight is 294 g/mol. The van der Waals surface area contributed by atoms with Gasteiger partial charge in [0.1, 0.15) is 17.1 Å². The minimum absolute atomic E-state index is 0. The second kappa shape index (κ2) is 6.91. The first-order chi connectivity index (χ1) is 8.36. The molecule has 6 nitrogen and oxygen atoms in total. The van der Waals surface area contributed by atoms with Gasteiger partial charge in [0.15, 0.2) is 0 Å². The van der Waals surface area contributed by atoms with Crippen molar-refractivity contribution >= 4 is 24.3 Å². The van der Waals surface area contributed by atoms with Gasteiger partial charge in [0.2, 0.25) is 0 Å². The first-order valence-electron chi connectivity index (χ1n) is 4.95. The molecule has 1 aromatic carbocycles. The third kappa shape index (κ3) is 4.08. The van der Waals surface area contributed by atoms with Crippen molar-refractivity contribution in [3.8, 4) is 5.75 Å². The van der Waals surface area contributed by atoms with Crippen molar-refractivity contribution in [2.75, 3.05) is 7.11 Å². The molecule has 0 spiro atoms. The molecule has 0 radical (unpaired) electrons. The lowest BCUT2D eigenvalue weighted by molar-refractivity contribution is -0.141. The number of esters is 1. The highest BCUT2D eigenvalue weighted by molar-refractivity contribution is 5.91. The number of carboxylic acid groups (broad SMARTS) is 1. The van der Waals surface area contributed by atoms with Crippen LogP contribution in [0.5, 0.6) is 5.75 Å². The molecular weight excluding hydrogens is 281 g/mol. The Labute approximate surface area is 114 Å². The van der Waals surface area contributed by atoms with Gasteiger partial charge in [-0.2, -0.15) is 0 Å². The Bertz CT molecular complexity index is 494. The van der Waals surface area contributed by atoms with Gasteiger partial charge in [0.05, 0.1) is 13.5 Å². The zero-order chi connectivity index (χ0) is 13.9. The summed E-state index contributed by atoms with van der Waals surface area (Å²) in [5, 5.41) is 18.4. The number of aromatic hydroxyl groups is 1. The van der Waals surface area contributed by atoms with Gasteiger partial charge in [0, 0.05) is 11.6 Å². The number of halogens is 2. The van der Waals surface area contributed by atoms with Gasteiger partial charge in [-0.05, 0) is 12.1 Å². The first kappa shape index (κ1) is 17.1. The van der Waals surface area contributed by atoms with Crippen molar-refractivity contribution in [1.82, 2.24) is 0 Å². The molecule has 0 saturated carbocycles. The highest BCUT2D eigenvalue weighted by Crippen LogP contribution is 2.30. The molecule has 0 aliphatic heterocycles. The summed E-state index contributed by atoms with van der Waals surface area (Å²) < 4.78 is 17.6. The number of rotatable bonds is 4. The lowest BCUT2D eigenvalue weighted by Crippen LogP contribution is -2.17. The monoisotopic (exact) mass is 293 g/mol. The standard InChI is InChI=1S/C11H12FNO5.ClH/c1-18-9(14)4-8(13)6-2-5(12)3-7(10(6)15)11(16)17;/h2-3,8,15H,4,13H2,1H3,(H,16,17);1H/t8-;/m0./s1. The summed E-state index contributed by atoms with van der Waals surface area (Å²) in [4.78, 5) is 21.8. The van der Waals surface area contributed by atoms with Crippen LogP contribution in [0.25, 0.3) is 0 Å². The molecule has 0 unspecified atom stereocenters. The van der Waals surface area contributed by atoms with Gasteiger partial charge in [-0.1, -0.05) is 0 Å². The Hall–Kier alpha value is -1.86. The Morgan fingerprint density at radius 2 is 2.05 bits per heavy atom. The molecule has 19 heavy (non-hydrogen) atoms. The zero-order valence-electron chi connectivity index (χ0n) is 9.92. The molecule has 1 atom stereocenters. The molecule has 106 valence electrons. The van der Waals surface area contributed by atoms with E-state index in [2.05, 4.69) is 4.74 Å². The molecule has 0 bridgehead atoms. The average Bonchev–Trinajstić information content (AvgIpc) is 2.30. The van der Waals surface area contributed by atoms with Crippen molar-refractivity contribution in [1.29, 1.82) is 0 Å². The summed E-state index contributed by atoms with van der Waals surface area (Å²) in [6.07, 6.45) is -0.299. The number of carbonyl (C=O) groups is 2. The quantitative estimate of drug-likeness (QED) is 0.720. The largest absolute Gasteiger partial charge is 0.507 e. The molecular formula is C11H13ClFNO5. The number of methoxy groups -OCH3 is 1. The van der Waals surface area contributed by atoms with E-state index in [1.165, 1.54) is 0 Å². The maximum absolute atomic E-state index is 13.2. The number of aromatic carboxylic acids is 1. The number of phenols is 1. The van der Waals surface area contributed by atoms with Crippen molar-refractivity contribution < 1.29 is 28.9 Å². The van der Waals surface area contributed by atoms with Gasteiger partial charge in [-0.3, -0.25) is 4.79 Å². The molecule has 0 saturated heterocycles. The zero-order valence-corrected chi connectivity index (χ0v) is 10.7. The molecule has 1 aromatic rings. The number of nitrogens with two attached hydrogens (primary N) is 1. The number of carbonyl (C=O) groups excluding carboxylic acids is 1. The lowest BCUT2D eigenvalue weighted by Gasteiger charge is -2.14. The number of benzene rings is 1. The second-order valence-corrected chi connectivity index (χ2v) is 3.58. The summed E-state index contributed by atoms with van der Waals surface area (Å²) in [6, 6.07) is 0.507. The predicted octanol–water partition coefficient (Wildman–Crippen LogP) is 1.21. The molecule has 8 heteroatoms. The third-order valence-electron chi connectivity index (χ3n) is 2.35. The fourth-order valence-corrected chi connectivity index (χ4v) is 1.44. The van der Waals surface area contributed by atoms with E-state index in [4.69, 9.17) is 10.8 Å². The Morgan fingerprint density at radius 1 is 1.47 bits per heavy atom. The van der Waals surface area contributed by atoms with Crippen LogP contribution < -0.4 is 5.73 Å². The Balaban J connectivity index is 0.00000324. The minimum Gasteiger partial charge on any atom is -0.507 e. The van der Waals surface area contributed by atoms with E-state index in [-0.39, 0.29) is 24.4 Å². The number of hydrogen-bond acceptors (Lipinski definition) is 5. The topological polar surface area (TPSA) is 110 Å².